The van der Waals surface area contributed by atoms with E-state index in [1.807, 2.05) is 13.8 Å². The van der Waals surface area contributed by atoms with Gasteiger partial charge in [-0.3, -0.25) is 15.6 Å². The van der Waals surface area contributed by atoms with Gasteiger partial charge in [0.1, 0.15) is 5.82 Å². The van der Waals surface area contributed by atoms with Crippen LogP contribution in [0.4, 0.5) is 10.1 Å². The third-order valence-corrected chi connectivity index (χ3v) is 1.57. The van der Waals surface area contributed by atoms with E-state index in [2.05, 4.69) is 10.9 Å². The number of hydrazine groups is 1. The van der Waals surface area contributed by atoms with Crippen molar-refractivity contribution in [2.24, 2.45) is 0 Å². The number of allylic oxidation sites excluding steroid dienone is 1. The van der Waals surface area contributed by atoms with Crippen molar-refractivity contribution in [2.45, 2.75) is 13.8 Å². The highest BCUT2D eigenvalue weighted by atomic mass is 19.1. The molecule has 0 atom stereocenters. The highest BCUT2D eigenvalue weighted by Gasteiger charge is 1.96. The average molecular weight is 208 g/mol. The Bertz CT molecular complexity index is 384. The lowest BCUT2D eigenvalue weighted by Crippen LogP contribution is -2.27. The summed E-state index contributed by atoms with van der Waals surface area (Å²) < 4.78 is 12.7. The van der Waals surface area contributed by atoms with Crippen LogP contribution in [-0.2, 0) is 4.79 Å². The van der Waals surface area contributed by atoms with Gasteiger partial charge >= 0.3 is 0 Å². The Morgan fingerprint density at radius 3 is 2.73 bits per heavy atom. The van der Waals surface area contributed by atoms with Crippen molar-refractivity contribution in [3.05, 3.63) is 41.7 Å². The summed E-state index contributed by atoms with van der Waals surface area (Å²) in [5.74, 6) is -0.615. The van der Waals surface area contributed by atoms with Crippen LogP contribution in [0.1, 0.15) is 13.8 Å². The van der Waals surface area contributed by atoms with E-state index in [1.54, 1.807) is 12.1 Å². The molecule has 0 saturated carbocycles. The van der Waals surface area contributed by atoms with E-state index in [9.17, 15) is 9.18 Å². The van der Waals surface area contributed by atoms with Crippen molar-refractivity contribution in [1.29, 1.82) is 0 Å². The number of halogens is 1. The van der Waals surface area contributed by atoms with Crippen LogP contribution in [0, 0.1) is 5.82 Å². The largest absolute Gasteiger partial charge is 0.298 e. The first-order valence-electron chi connectivity index (χ1n) is 4.54. The van der Waals surface area contributed by atoms with Crippen molar-refractivity contribution in [3.63, 3.8) is 0 Å². The lowest BCUT2D eigenvalue weighted by Gasteiger charge is -2.06. The van der Waals surface area contributed by atoms with E-state index in [0.717, 1.165) is 5.57 Å². The van der Waals surface area contributed by atoms with Crippen LogP contribution in [0.3, 0.4) is 0 Å². The van der Waals surface area contributed by atoms with E-state index in [-0.39, 0.29) is 11.7 Å². The minimum Gasteiger partial charge on any atom is -0.298 e. The molecule has 2 N–H and O–H groups in total. The van der Waals surface area contributed by atoms with Crippen molar-refractivity contribution in [1.82, 2.24) is 5.43 Å². The molecule has 1 rings (SSSR count). The summed E-state index contributed by atoms with van der Waals surface area (Å²) in [5, 5.41) is 0. The quantitative estimate of drug-likeness (QED) is 0.590. The molecule has 1 aromatic rings. The molecule has 4 heteroatoms. The molecular formula is C11H13FN2O. The van der Waals surface area contributed by atoms with Crippen molar-refractivity contribution < 1.29 is 9.18 Å². The highest BCUT2D eigenvalue weighted by Crippen LogP contribution is 2.07. The number of benzene rings is 1. The fourth-order valence-electron chi connectivity index (χ4n) is 0.998. The third-order valence-electron chi connectivity index (χ3n) is 1.57. The highest BCUT2D eigenvalue weighted by molar-refractivity contribution is 5.88. The molecule has 0 bridgehead atoms. The molecule has 0 unspecified atom stereocenters. The number of rotatable bonds is 3. The van der Waals surface area contributed by atoms with Gasteiger partial charge in [-0.1, -0.05) is 11.6 Å². The number of nitrogens with one attached hydrogen (secondary N) is 2. The standard InChI is InChI=1S/C11H13FN2O/c1-8(2)6-11(15)14-13-10-5-3-4-9(12)7-10/h3-7,13H,1-2H3,(H,14,15). The second-order valence-electron chi connectivity index (χ2n) is 3.35. The fraction of sp³-hybridized carbons (Fsp3) is 0.182. The van der Waals surface area contributed by atoms with Crippen LogP contribution in [0.2, 0.25) is 0 Å². The zero-order valence-electron chi connectivity index (χ0n) is 8.67. The Hall–Kier alpha value is -1.84. The first-order valence-corrected chi connectivity index (χ1v) is 4.54. The summed E-state index contributed by atoms with van der Waals surface area (Å²) in [6.45, 7) is 3.64. The predicted octanol–water partition coefficient (Wildman–Crippen LogP) is 2.24. The van der Waals surface area contributed by atoms with E-state index >= 15 is 0 Å². The van der Waals surface area contributed by atoms with Crippen molar-refractivity contribution in [3.8, 4) is 0 Å². The Morgan fingerprint density at radius 1 is 1.40 bits per heavy atom. The van der Waals surface area contributed by atoms with Crippen LogP contribution in [-0.4, -0.2) is 5.91 Å². The number of anilines is 1. The van der Waals surface area contributed by atoms with Gasteiger partial charge in [0.15, 0.2) is 0 Å². The van der Waals surface area contributed by atoms with Gasteiger partial charge in [-0.05, 0) is 32.0 Å². The molecule has 0 aliphatic rings. The van der Waals surface area contributed by atoms with Gasteiger partial charge in [0.05, 0.1) is 5.69 Å². The van der Waals surface area contributed by atoms with E-state index in [0.29, 0.717) is 5.69 Å². The van der Waals surface area contributed by atoms with Gasteiger partial charge in [-0.15, -0.1) is 0 Å². The molecule has 80 valence electrons. The molecule has 1 amide bonds. The van der Waals surface area contributed by atoms with Gasteiger partial charge in [0.2, 0.25) is 0 Å². The lowest BCUT2D eigenvalue weighted by atomic mass is 10.3. The predicted molar refractivity (Wildman–Crippen MR) is 57.6 cm³/mol. The summed E-state index contributed by atoms with van der Waals surface area (Å²) in [5.41, 5.74) is 6.43. The van der Waals surface area contributed by atoms with Crippen LogP contribution in [0.15, 0.2) is 35.9 Å². The minimum atomic E-state index is -0.350. The Kier molecular flexibility index (Phi) is 3.85. The summed E-state index contributed by atoms with van der Waals surface area (Å²) in [6, 6.07) is 5.85. The van der Waals surface area contributed by atoms with Gasteiger partial charge in [0.25, 0.3) is 5.91 Å². The average Bonchev–Trinajstić information content (AvgIpc) is 2.14. The van der Waals surface area contributed by atoms with Crippen molar-refractivity contribution in [2.75, 3.05) is 5.43 Å². The molecule has 0 saturated heterocycles. The molecule has 0 radical (unpaired) electrons. The maximum absolute atomic E-state index is 12.7. The smallest absolute Gasteiger partial charge is 0.262 e. The molecule has 0 fully saturated rings. The summed E-state index contributed by atoms with van der Waals surface area (Å²) in [7, 11) is 0. The molecular weight excluding hydrogens is 195 g/mol. The van der Waals surface area contributed by atoms with Gasteiger partial charge < -0.3 is 0 Å². The third kappa shape index (κ3) is 4.26. The molecule has 3 nitrogen and oxygen atoms in total. The SMILES string of the molecule is CC(C)=CC(=O)NNc1cccc(F)c1. The Balaban J connectivity index is 2.51. The molecule has 0 aliphatic heterocycles. The maximum atomic E-state index is 12.7. The number of carbonyl (C=O) groups excluding carboxylic acids is 1. The van der Waals surface area contributed by atoms with Crippen LogP contribution in [0.25, 0.3) is 0 Å². The van der Waals surface area contributed by atoms with Crippen molar-refractivity contribution >= 4 is 11.6 Å². The van der Waals surface area contributed by atoms with E-state index < -0.39 is 0 Å². The second kappa shape index (κ2) is 5.14. The van der Waals surface area contributed by atoms with Crippen LogP contribution in [0.5, 0.6) is 0 Å². The second-order valence-corrected chi connectivity index (χ2v) is 3.35. The number of hydrogen-bond acceptors (Lipinski definition) is 2. The summed E-state index contributed by atoms with van der Waals surface area (Å²) >= 11 is 0. The zero-order chi connectivity index (χ0) is 11.3. The number of amides is 1. The fourth-order valence-corrected chi connectivity index (χ4v) is 0.998. The molecule has 0 aliphatic carbocycles. The Labute approximate surface area is 88.0 Å². The molecule has 15 heavy (non-hydrogen) atoms. The number of carbonyl (C=O) groups is 1. The molecule has 1 aromatic carbocycles. The first-order chi connectivity index (χ1) is 7.08. The minimum absolute atomic E-state index is 0.265. The van der Waals surface area contributed by atoms with Gasteiger partial charge in [-0.25, -0.2) is 4.39 Å². The summed E-state index contributed by atoms with van der Waals surface area (Å²) in [4.78, 5) is 11.2. The van der Waals surface area contributed by atoms with E-state index in [4.69, 9.17) is 0 Å². The maximum Gasteiger partial charge on any atom is 0.262 e. The lowest BCUT2D eigenvalue weighted by molar-refractivity contribution is -0.116. The molecule has 0 spiro atoms. The monoisotopic (exact) mass is 208 g/mol. The van der Waals surface area contributed by atoms with E-state index in [1.165, 1.54) is 18.2 Å². The normalized spacial score (nSPS) is 9.27. The Morgan fingerprint density at radius 2 is 2.13 bits per heavy atom. The first kappa shape index (κ1) is 11.2. The number of hydrogen-bond donors (Lipinski definition) is 2. The van der Waals surface area contributed by atoms with Crippen LogP contribution < -0.4 is 10.9 Å². The van der Waals surface area contributed by atoms with Crippen LogP contribution >= 0.6 is 0 Å². The molecule has 0 heterocycles. The topological polar surface area (TPSA) is 41.1 Å². The van der Waals surface area contributed by atoms with Gasteiger partial charge in [0, 0.05) is 6.08 Å². The zero-order valence-corrected chi connectivity index (χ0v) is 8.67. The summed E-state index contributed by atoms with van der Waals surface area (Å²) in [6.07, 6.45) is 1.45. The molecule has 0 aromatic heterocycles. The van der Waals surface area contributed by atoms with Gasteiger partial charge in [-0.2, -0.15) is 0 Å².